The molecule has 0 aliphatic heterocycles. The molecule has 0 spiro atoms. The lowest BCUT2D eigenvalue weighted by atomic mass is 10.0. The summed E-state index contributed by atoms with van der Waals surface area (Å²) >= 11 is 0. The minimum atomic E-state index is -4.65. The molecule has 0 heterocycles. The van der Waals surface area contributed by atoms with Crippen molar-refractivity contribution in [1.82, 2.24) is 0 Å². The topological polar surface area (TPSA) is 111 Å². The van der Waals surface area contributed by atoms with Gasteiger partial charge in [0.15, 0.2) is 6.10 Å². The second kappa shape index (κ2) is 65.8. The molecular weight excluding hydrogens is 1090 g/mol. The third-order valence-electron chi connectivity index (χ3n) is 15.0. The van der Waals surface area contributed by atoms with Crippen LogP contribution in [0.15, 0.2) is 122 Å². The summed E-state index contributed by atoms with van der Waals surface area (Å²) in [5.41, 5.74) is 0. The summed E-state index contributed by atoms with van der Waals surface area (Å²) in [5, 5.41) is 0. The van der Waals surface area contributed by atoms with E-state index in [2.05, 4.69) is 135 Å². The zero-order valence-corrected chi connectivity index (χ0v) is 57.1. The number of likely N-dealkylation sites (N-methyl/N-ethyl adjacent to an activating group) is 1. The molecule has 9 nitrogen and oxygen atoms in total. The van der Waals surface area contributed by atoms with Gasteiger partial charge in [-0.1, -0.05) is 296 Å². The number of carbonyl (C=O) groups is 2. The summed E-state index contributed by atoms with van der Waals surface area (Å²) in [4.78, 5) is 38.0. The first-order chi connectivity index (χ1) is 42.0. The van der Waals surface area contributed by atoms with E-state index in [1.807, 2.05) is 21.1 Å². The Bertz CT molecular complexity index is 1870. The maximum Gasteiger partial charge on any atom is 0.306 e. The van der Waals surface area contributed by atoms with Crippen LogP contribution in [0.2, 0.25) is 0 Å². The molecule has 0 aromatic rings. The van der Waals surface area contributed by atoms with E-state index in [4.69, 9.17) is 18.5 Å². The van der Waals surface area contributed by atoms with Gasteiger partial charge in [-0.15, -0.1) is 0 Å². The van der Waals surface area contributed by atoms with Gasteiger partial charge in [-0.05, 0) is 109 Å². The highest BCUT2D eigenvalue weighted by Gasteiger charge is 2.22. The highest BCUT2D eigenvalue weighted by molar-refractivity contribution is 7.45. The fraction of sp³-hybridized carbons (Fsp3) is 0.711. The molecule has 0 bridgehead atoms. The molecule has 0 aliphatic carbocycles. The molecule has 10 heteroatoms. The minimum Gasteiger partial charge on any atom is -0.756 e. The number of allylic oxidation sites excluding steroid dienone is 20. The van der Waals surface area contributed by atoms with Crippen molar-refractivity contribution < 1.29 is 42.1 Å². The lowest BCUT2D eigenvalue weighted by molar-refractivity contribution is -0.870. The second-order valence-electron chi connectivity index (χ2n) is 24.5. The van der Waals surface area contributed by atoms with Gasteiger partial charge in [0.25, 0.3) is 7.82 Å². The number of ether oxygens (including phenoxy) is 2. The Labute approximate surface area is 530 Å². The first kappa shape index (κ1) is 82.4. The van der Waals surface area contributed by atoms with Crippen LogP contribution < -0.4 is 4.89 Å². The molecule has 0 radical (unpaired) electrons. The van der Waals surface area contributed by atoms with E-state index in [0.29, 0.717) is 17.4 Å². The molecular formula is C76H132NO8P. The quantitative estimate of drug-likeness (QED) is 0.0195. The molecule has 0 aliphatic rings. The van der Waals surface area contributed by atoms with Gasteiger partial charge in [-0.25, -0.2) is 0 Å². The number of unbranched alkanes of at least 4 members (excludes halogenated alkanes) is 30. The van der Waals surface area contributed by atoms with Crippen LogP contribution in [0.3, 0.4) is 0 Å². The zero-order valence-electron chi connectivity index (χ0n) is 56.2. The molecule has 0 saturated carbocycles. The molecule has 86 heavy (non-hydrogen) atoms. The Kier molecular flexibility index (Phi) is 63.1. The number of phosphoric ester groups is 1. The van der Waals surface area contributed by atoms with Crippen molar-refractivity contribution in [2.75, 3.05) is 47.5 Å². The average molecular weight is 1220 g/mol. The van der Waals surface area contributed by atoms with E-state index in [0.717, 1.165) is 96.3 Å². The van der Waals surface area contributed by atoms with E-state index in [-0.39, 0.29) is 32.0 Å². The van der Waals surface area contributed by atoms with E-state index < -0.39 is 26.5 Å². The lowest BCUT2D eigenvalue weighted by Gasteiger charge is -2.28. The third kappa shape index (κ3) is 69.5. The van der Waals surface area contributed by atoms with Crippen LogP contribution in [0.4, 0.5) is 0 Å². The summed E-state index contributed by atoms with van der Waals surface area (Å²) in [6.07, 6.45) is 94.2. The third-order valence-corrected chi connectivity index (χ3v) is 15.9. The van der Waals surface area contributed by atoms with E-state index in [1.165, 1.54) is 167 Å². The Morgan fingerprint density at radius 1 is 0.372 bits per heavy atom. The molecule has 0 saturated heterocycles. The molecule has 2 atom stereocenters. The molecule has 494 valence electrons. The number of hydrogen-bond donors (Lipinski definition) is 0. The van der Waals surface area contributed by atoms with Crippen molar-refractivity contribution in [3.63, 3.8) is 0 Å². The van der Waals surface area contributed by atoms with Gasteiger partial charge in [0, 0.05) is 12.8 Å². The molecule has 0 aromatic heterocycles. The monoisotopic (exact) mass is 1220 g/mol. The molecule has 0 aromatic carbocycles. The van der Waals surface area contributed by atoms with Crippen molar-refractivity contribution in [2.45, 2.75) is 302 Å². The SMILES string of the molecule is CC/C=C\C/C=C\C/C=C\C/C=C\C/C=C\C/C=C\C/C=C\C/C=C\C/C=C\CCCCCCCCCCCCCCCC(=O)OC(COC(=O)CCCCCCCCCCC/C=C\CCCCCCCCCC)COP(=O)([O-])OCC[N+](C)(C)C. The second-order valence-corrected chi connectivity index (χ2v) is 25.9. The summed E-state index contributed by atoms with van der Waals surface area (Å²) < 4.78 is 34.3. The summed E-state index contributed by atoms with van der Waals surface area (Å²) in [6.45, 7) is 4.14. The molecule has 0 rings (SSSR count). The number of esters is 2. The van der Waals surface area contributed by atoms with Crippen LogP contribution in [0.25, 0.3) is 0 Å². The van der Waals surface area contributed by atoms with Crippen molar-refractivity contribution in [3.05, 3.63) is 122 Å². The average Bonchev–Trinajstić information content (AvgIpc) is 3.70. The van der Waals surface area contributed by atoms with Crippen LogP contribution in [0.5, 0.6) is 0 Å². The largest absolute Gasteiger partial charge is 0.756 e. The van der Waals surface area contributed by atoms with Gasteiger partial charge in [-0.2, -0.15) is 0 Å². The number of carbonyl (C=O) groups excluding carboxylic acids is 2. The molecule has 0 fully saturated rings. The predicted octanol–water partition coefficient (Wildman–Crippen LogP) is 22.4. The molecule has 0 N–H and O–H groups in total. The van der Waals surface area contributed by atoms with Gasteiger partial charge in [-0.3, -0.25) is 14.2 Å². The van der Waals surface area contributed by atoms with E-state index in [9.17, 15) is 19.0 Å². The van der Waals surface area contributed by atoms with E-state index in [1.54, 1.807) is 0 Å². The number of phosphoric acid groups is 1. The predicted molar refractivity (Wildman–Crippen MR) is 369 cm³/mol. The van der Waals surface area contributed by atoms with Crippen LogP contribution >= 0.6 is 7.82 Å². The maximum atomic E-state index is 12.9. The Balaban J connectivity index is 4.04. The van der Waals surface area contributed by atoms with E-state index >= 15 is 0 Å². The van der Waals surface area contributed by atoms with Crippen LogP contribution in [-0.2, 0) is 32.7 Å². The van der Waals surface area contributed by atoms with Crippen LogP contribution in [0.1, 0.15) is 296 Å². The van der Waals surface area contributed by atoms with Gasteiger partial charge in [0.2, 0.25) is 0 Å². The summed E-state index contributed by atoms with van der Waals surface area (Å²) in [7, 11) is 1.16. The summed E-state index contributed by atoms with van der Waals surface area (Å²) in [6, 6.07) is 0. The van der Waals surface area contributed by atoms with Crippen LogP contribution in [-0.4, -0.2) is 70.0 Å². The Morgan fingerprint density at radius 2 is 0.663 bits per heavy atom. The fourth-order valence-corrected chi connectivity index (χ4v) is 10.3. The molecule has 0 amide bonds. The first-order valence-electron chi connectivity index (χ1n) is 35.2. The van der Waals surface area contributed by atoms with Crippen molar-refractivity contribution in [3.8, 4) is 0 Å². The fourth-order valence-electron chi connectivity index (χ4n) is 9.59. The highest BCUT2D eigenvalue weighted by Crippen LogP contribution is 2.38. The maximum absolute atomic E-state index is 12.9. The number of quaternary nitrogens is 1. The van der Waals surface area contributed by atoms with Crippen molar-refractivity contribution >= 4 is 19.8 Å². The Morgan fingerprint density at radius 3 is 1.00 bits per heavy atom. The van der Waals surface area contributed by atoms with Gasteiger partial charge in [0.05, 0.1) is 27.7 Å². The number of rotatable bonds is 64. The lowest BCUT2D eigenvalue weighted by Crippen LogP contribution is -2.37. The Hall–Kier alpha value is -3.59. The van der Waals surface area contributed by atoms with Gasteiger partial charge >= 0.3 is 11.9 Å². The normalized spacial score (nSPS) is 13.9. The first-order valence-corrected chi connectivity index (χ1v) is 36.7. The standard InChI is InChI=1S/C76H132NO8P/c1-6-8-10-12-14-16-18-20-22-24-26-28-29-30-31-32-33-34-35-36-37-38-39-40-41-42-43-44-45-46-47-49-51-53-55-57-59-61-63-65-67-69-76(79)85-74(73-84-86(80,81)83-71-70-77(3,4)5)72-82-75(78)68-66-64-62-60-58-56-54-52-50-48-27-25-23-21-19-17-15-13-11-9-7-2/h8,10,14,16,20,22,25-28,30-31,33-34,36-37,39-40,42-43,74H,6-7,9,11-13,15,17-19,21,23-24,29,32,35,38,41,44-73H2,1-5H3/b10-8-,16-14-,22-20-,27-25-,28-26-,31-30-,34-33-,37-36-,40-39-,43-42-. The molecule has 2 unspecified atom stereocenters. The minimum absolute atomic E-state index is 0.0348. The number of nitrogens with zero attached hydrogens (tertiary/aromatic N) is 1. The van der Waals surface area contributed by atoms with Crippen molar-refractivity contribution in [2.24, 2.45) is 0 Å². The number of hydrogen-bond acceptors (Lipinski definition) is 8. The van der Waals surface area contributed by atoms with Crippen LogP contribution in [0, 0.1) is 0 Å². The highest BCUT2D eigenvalue weighted by atomic mass is 31.2. The van der Waals surface area contributed by atoms with Gasteiger partial charge < -0.3 is 27.9 Å². The van der Waals surface area contributed by atoms with Gasteiger partial charge in [0.1, 0.15) is 19.8 Å². The summed E-state index contributed by atoms with van der Waals surface area (Å²) in [5.74, 6) is -0.833. The zero-order chi connectivity index (χ0) is 62.6. The smallest absolute Gasteiger partial charge is 0.306 e. The van der Waals surface area contributed by atoms with Crippen molar-refractivity contribution in [1.29, 1.82) is 0 Å².